The number of ether oxygens (including phenoxy) is 4. The van der Waals surface area contributed by atoms with Crippen LogP contribution in [0.3, 0.4) is 0 Å². The van der Waals surface area contributed by atoms with Crippen molar-refractivity contribution in [3.63, 3.8) is 0 Å². The van der Waals surface area contributed by atoms with Crippen molar-refractivity contribution in [2.75, 3.05) is 13.2 Å². The fourth-order valence-electron chi connectivity index (χ4n) is 7.82. The van der Waals surface area contributed by atoms with Crippen molar-refractivity contribution >= 4 is 0 Å². The summed E-state index contributed by atoms with van der Waals surface area (Å²) in [6, 6.07) is 48.8. The van der Waals surface area contributed by atoms with E-state index in [-0.39, 0.29) is 45.6 Å². The van der Waals surface area contributed by atoms with Crippen LogP contribution in [0, 0.1) is 12.0 Å². The van der Waals surface area contributed by atoms with Crippen LogP contribution in [0.2, 0.25) is 0 Å². The summed E-state index contributed by atoms with van der Waals surface area (Å²) in [6.07, 6.45) is 2.69. The Labute approximate surface area is 401 Å². The molecule has 0 fully saturated rings. The molecular formula is C60H72O7. The quantitative estimate of drug-likeness (QED) is 0.0506. The number of benzene rings is 6. The molecule has 0 saturated carbocycles. The molecule has 0 aliphatic heterocycles. The Morgan fingerprint density at radius 1 is 0.493 bits per heavy atom. The van der Waals surface area contributed by atoms with Gasteiger partial charge in [-0.05, 0) is 127 Å². The van der Waals surface area contributed by atoms with Gasteiger partial charge in [-0.1, -0.05) is 159 Å². The molecule has 0 heterocycles. The number of phenols is 2. The zero-order chi connectivity index (χ0) is 49.4. The first-order valence-corrected chi connectivity index (χ1v) is 23.0. The minimum absolute atomic E-state index is 0.172. The van der Waals surface area contributed by atoms with Gasteiger partial charge in [0.05, 0.1) is 12.9 Å². The van der Waals surface area contributed by atoms with Crippen LogP contribution in [0.15, 0.2) is 158 Å². The second-order valence-electron chi connectivity index (χ2n) is 18.6. The van der Waals surface area contributed by atoms with Gasteiger partial charge in [-0.3, -0.25) is 0 Å². The summed E-state index contributed by atoms with van der Waals surface area (Å²) in [7, 11) is 0. The van der Waals surface area contributed by atoms with Crippen molar-refractivity contribution in [1.29, 1.82) is 0 Å². The first-order chi connectivity index (χ1) is 31.7. The maximum Gasteiger partial charge on any atom is 0.196 e. The molecule has 2 unspecified atom stereocenters. The van der Waals surface area contributed by atoms with Crippen molar-refractivity contribution in [2.24, 2.45) is 0 Å². The van der Waals surface area contributed by atoms with Gasteiger partial charge in [-0.25, -0.2) is 0 Å². The second kappa shape index (κ2) is 23.7. The average Bonchev–Trinajstić information content (AvgIpc) is 3.30. The normalized spacial score (nSPS) is 12.4. The van der Waals surface area contributed by atoms with E-state index in [4.69, 9.17) is 19.3 Å². The molecule has 7 nitrogen and oxygen atoms in total. The molecule has 2 atom stereocenters. The molecule has 0 amide bonds. The van der Waals surface area contributed by atoms with Crippen LogP contribution in [-0.4, -0.2) is 40.9 Å². The molecule has 354 valence electrons. The van der Waals surface area contributed by atoms with E-state index < -0.39 is 0 Å². The van der Waals surface area contributed by atoms with Crippen molar-refractivity contribution in [2.45, 2.75) is 117 Å². The molecule has 0 bridgehead atoms. The molecule has 0 spiro atoms. The Kier molecular flexibility index (Phi) is 18.8. The SMILES string of the molecule is C=COCC.CC(C)(c1ccc(O)cc1)c1cccc(C(C)(C)c2ccc(O)cc2)c1.CCOC(C)Oc1ccc(C(C)(C)c2cccc(C(C)(C)c3ccc(OC(C)C#CO)cc3)c2)cc1. The summed E-state index contributed by atoms with van der Waals surface area (Å²) < 4.78 is 21.6. The van der Waals surface area contributed by atoms with E-state index in [0.29, 0.717) is 6.61 Å². The van der Waals surface area contributed by atoms with Crippen LogP contribution in [0.5, 0.6) is 23.0 Å². The molecule has 6 aromatic rings. The highest BCUT2D eigenvalue weighted by Gasteiger charge is 2.29. The van der Waals surface area contributed by atoms with Crippen LogP contribution in [0.4, 0.5) is 0 Å². The maximum absolute atomic E-state index is 9.57. The second-order valence-corrected chi connectivity index (χ2v) is 18.6. The molecule has 0 radical (unpaired) electrons. The molecule has 0 aliphatic rings. The van der Waals surface area contributed by atoms with Crippen LogP contribution in [0.1, 0.15) is 128 Å². The standard InChI is InChI=1S/C32H38O4.C24H26O2.C4H8O/c1-8-34-24(3)36-30-18-14-26(15-19-30)32(6,7)28-11-9-10-27(22-28)31(4,5)25-12-16-29(17-13-25)35-23(2)20-21-33;1-23(2,17-8-12-21(25)13-9-17)19-6-5-7-20(16-19)24(3,4)18-10-14-22(26)15-11-18;1-3-5-4-2/h9-19,22-24,33H,8H2,1-7H3;5-16,25-26H,1-4H3;3H,1,4H2,2H3. The Balaban J connectivity index is 0.000000276. The minimum atomic E-state index is -0.374. The molecule has 3 N–H and O–H groups in total. The smallest absolute Gasteiger partial charge is 0.196 e. The highest BCUT2D eigenvalue weighted by Crippen LogP contribution is 2.39. The lowest BCUT2D eigenvalue weighted by atomic mass is 9.73. The monoisotopic (exact) mass is 905 g/mol. The van der Waals surface area contributed by atoms with Crippen molar-refractivity contribution in [1.82, 2.24) is 0 Å². The van der Waals surface area contributed by atoms with Gasteiger partial charge < -0.3 is 34.3 Å². The van der Waals surface area contributed by atoms with E-state index in [1.807, 2.05) is 75.4 Å². The van der Waals surface area contributed by atoms with E-state index in [2.05, 4.69) is 145 Å². The minimum Gasteiger partial charge on any atom is -0.508 e. The maximum atomic E-state index is 9.57. The third kappa shape index (κ3) is 14.2. The number of phenolic OH excluding ortho intramolecular Hbond substituents is 2. The third-order valence-electron chi connectivity index (χ3n) is 12.5. The Hall–Kier alpha value is -6.62. The van der Waals surface area contributed by atoms with Gasteiger partial charge in [0, 0.05) is 28.3 Å². The zero-order valence-corrected chi connectivity index (χ0v) is 41.7. The van der Waals surface area contributed by atoms with Gasteiger partial charge in [-0.2, -0.15) is 0 Å². The number of aliphatic hydroxyl groups is 1. The summed E-state index contributed by atoms with van der Waals surface area (Å²) >= 11 is 0. The van der Waals surface area contributed by atoms with Crippen LogP contribution in [-0.2, 0) is 31.1 Å². The van der Waals surface area contributed by atoms with E-state index in [0.717, 1.165) is 29.2 Å². The first-order valence-electron chi connectivity index (χ1n) is 23.0. The van der Waals surface area contributed by atoms with Gasteiger partial charge in [0.2, 0.25) is 0 Å². The summed E-state index contributed by atoms with van der Waals surface area (Å²) in [4.78, 5) is 0. The number of aliphatic hydroxyl groups excluding tert-OH is 1. The lowest BCUT2D eigenvalue weighted by Crippen LogP contribution is -2.23. The van der Waals surface area contributed by atoms with Crippen LogP contribution in [0.25, 0.3) is 0 Å². The molecule has 7 heteroatoms. The van der Waals surface area contributed by atoms with E-state index >= 15 is 0 Å². The third-order valence-corrected chi connectivity index (χ3v) is 12.5. The molecule has 67 heavy (non-hydrogen) atoms. The molecule has 6 aromatic carbocycles. The number of aromatic hydroxyl groups is 2. The van der Waals surface area contributed by atoms with Crippen molar-refractivity contribution < 1.29 is 34.3 Å². The van der Waals surface area contributed by atoms with E-state index in [9.17, 15) is 10.2 Å². The van der Waals surface area contributed by atoms with Crippen molar-refractivity contribution in [3.05, 3.63) is 203 Å². The lowest BCUT2D eigenvalue weighted by Gasteiger charge is -2.31. The Morgan fingerprint density at radius 2 is 0.821 bits per heavy atom. The summed E-state index contributed by atoms with van der Waals surface area (Å²) in [5.74, 6) is 4.68. The predicted molar refractivity (Wildman–Crippen MR) is 274 cm³/mol. The fourth-order valence-corrected chi connectivity index (χ4v) is 7.82. The van der Waals surface area contributed by atoms with Crippen LogP contribution >= 0.6 is 0 Å². The van der Waals surface area contributed by atoms with Gasteiger partial charge in [0.15, 0.2) is 12.4 Å². The first kappa shape index (κ1) is 53.0. The summed E-state index contributed by atoms with van der Waals surface area (Å²) in [5.41, 5.74) is 8.96. The number of hydrogen-bond acceptors (Lipinski definition) is 7. The fraction of sp³-hybridized carbons (Fsp3) is 0.333. The summed E-state index contributed by atoms with van der Waals surface area (Å²) in [5, 5.41) is 27.9. The largest absolute Gasteiger partial charge is 0.508 e. The Morgan fingerprint density at radius 3 is 1.10 bits per heavy atom. The lowest BCUT2D eigenvalue weighted by molar-refractivity contribution is -0.0613. The van der Waals surface area contributed by atoms with Gasteiger partial charge in [0.1, 0.15) is 29.1 Å². The molecule has 0 aliphatic carbocycles. The van der Waals surface area contributed by atoms with Gasteiger partial charge in [-0.15, -0.1) is 0 Å². The molecule has 0 saturated heterocycles. The zero-order valence-electron chi connectivity index (χ0n) is 41.7. The topological polar surface area (TPSA) is 97.6 Å². The predicted octanol–water partition coefficient (Wildman–Crippen LogP) is 14.1. The number of rotatable bonds is 16. The Bertz CT molecular complexity index is 2430. The molecular weight excluding hydrogens is 833 g/mol. The van der Waals surface area contributed by atoms with Crippen LogP contribution < -0.4 is 9.47 Å². The molecule has 6 rings (SSSR count). The van der Waals surface area contributed by atoms with E-state index in [1.54, 1.807) is 31.2 Å². The highest BCUT2D eigenvalue weighted by atomic mass is 16.7. The van der Waals surface area contributed by atoms with Gasteiger partial charge in [0.25, 0.3) is 0 Å². The van der Waals surface area contributed by atoms with Crippen molar-refractivity contribution in [3.8, 4) is 35.0 Å². The number of hydrogen-bond donors (Lipinski definition) is 3. The van der Waals surface area contributed by atoms with Gasteiger partial charge >= 0.3 is 0 Å². The van der Waals surface area contributed by atoms with E-state index in [1.165, 1.54) is 39.6 Å². The summed E-state index contributed by atoms with van der Waals surface area (Å²) in [6.45, 7) is 30.0. The molecule has 0 aromatic heterocycles. The average molecular weight is 905 g/mol. The highest BCUT2D eigenvalue weighted by molar-refractivity contribution is 5.48.